The molecule has 2 aromatic carbocycles. The third-order valence-corrected chi connectivity index (χ3v) is 3.48. The highest BCUT2D eigenvalue weighted by atomic mass is 35.5. The summed E-state index contributed by atoms with van der Waals surface area (Å²) >= 11 is 5.96. The van der Waals surface area contributed by atoms with Crippen LogP contribution in [0, 0.1) is 6.92 Å². The van der Waals surface area contributed by atoms with Crippen LogP contribution in [0.15, 0.2) is 48.5 Å². The SMILES string of the molecule is Cc1ccccc1NC(=O)CCC(=O)Nc1ccccc1Cl. The first kappa shape index (κ1) is 16.0. The molecule has 0 fully saturated rings. The van der Waals surface area contributed by atoms with Crippen molar-refractivity contribution in [1.82, 2.24) is 0 Å². The highest BCUT2D eigenvalue weighted by Gasteiger charge is 2.09. The van der Waals surface area contributed by atoms with Crippen molar-refractivity contribution >= 4 is 34.8 Å². The number of carbonyl (C=O) groups excluding carboxylic acids is 2. The van der Waals surface area contributed by atoms with Gasteiger partial charge in [0.05, 0.1) is 10.7 Å². The summed E-state index contributed by atoms with van der Waals surface area (Å²) in [4.78, 5) is 23.7. The van der Waals surface area contributed by atoms with Crippen LogP contribution in [0.5, 0.6) is 0 Å². The summed E-state index contributed by atoms with van der Waals surface area (Å²) in [6, 6.07) is 14.5. The second-order valence-corrected chi connectivity index (χ2v) is 5.30. The minimum absolute atomic E-state index is 0.100. The number of anilines is 2. The van der Waals surface area contributed by atoms with Crippen molar-refractivity contribution in [2.75, 3.05) is 10.6 Å². The van der Waals surface area contributed by atoms with Crippen LogP contribution in [0.1, 0.15) is 18.4 Å². The largest absolute Gasteiger partial charge is 0.326 e. The number of aryl methyl sites for hydroxylation is 1. The first-order valence-corrected chi connectivity index (χ1v) is 7.34. The third-order valence-electron chi connectivity index (χ3n) is 3.15. The number of nitrogens with one attached hydrogen (secondary N) is 2. The van der Waals surface area contributed by atoms with E-state index >= 15 is 0 Å². The molecule has 4 nitrogen and oxygen atoms in total. The molecule has 2 aromatic rings. The maximum Gasteiger partial charge on any atom is 0.224 e. The molecule has 0 spiro atoms. The quantitative estimate of drug-likeness (QED) is 0.875. The van der Waals surface area contributed by atoms with Gasteiger partial charge in [-0.25, -0.2) is 0 Å². The fourth-order valence-corrected chi connectivity index (χ4v) is 2.11. The summed E-state index contributed by atoms with van der Waals surface area (Å²) in [6.07, 6.45) is 0.216. The summed E-state index contributed by atoms with van der Waals surface area (Å²) in [5, 5.41) is 5.96. The predicted octanol–water partition coefficient (Wildman–Crippen LogP) is 4.01. The number of para-hydroxylation sites is 2. The van der Waals surface area contributed by atoms with Crippen LogP contribution in [-0.2, 0) is 9.59 Å². The summed E-state index contributed by atoms with van der Waals surface area (Å²) in [6.45, 7) is 1.92. The van der Waals surface area contributed by atoms with E-state index in [1.807, 2.05) is 31.2 Å². The Morgan fingerprint density at radius 3 is 1.95 bits per heavy atom. The van der Waals surface area contributed by atoms with Crippen LogP contribution in [0.2, 0.25) is 5.02 Å². The van der Waals surface area contributed by atoms with Gasteiger partial charge in [0.2, 0.25) is 11.8 Å². The van der Waals surface area contributed by atoms with E-state index in [1.54, 1.807) is 24.3 Å². The minimum Gasteiger partial charge on any atom is -0.326 e. The van der Waals surface area contributed by atoms with Crippen LogP contribution in [-0.4, -0.2) is 11.8 Å². The van der Waals surface area contributed by atoms with Gasteiger partial charge < -0.3 is 10.6 Å². The highest BCUT2D eigenvalue weighted by molar-refractivity contribution is 6.33. The molecule has 0 saturated heterocycles. The van der Waals surface area contributed by atoms with Gasteiger partial charge in [0, 0.05) is 18.5 Å². The van der Waals surface area contributed by atoms with Gasteiger partial charge in [-0.05, 0) is 30.7 Å². The highest BCUT2D eigenvalue weighted by Crippen LogP contribution is 2.20. The number of amides is 2. The van der Waals surface area contributed by atoms with E-state index in [1.165, 1.54) is 0 Å². The molecule has 0 radical (unpaired) electrons. The fourth-order valence-electron chi connectivity index (χ4n) is 1.93. The number of rotatable bonds is 5. The average molecular weight is 317 g/mol. The number of halogens is 1. The zero-order chi connectivity index (χ0) is 15.9. The van der Waals surface area contributed by atoms with Crippen molar-refractivity contribution in [2.45, 2.75) is 19.8 Å². The predicted molar refractivity (Wildman–Crippen MR) is 89.1 cm³/mol. The molecule has 2 N–H and O–H groups in total. The minimum atomic E-state index is -0.243. The molecule has 5 heteroatoms. The third kappa shape index (κ3) is 4.60. The molecule has 22 heavy (non-hydrogen) atoms. The summed E-state index contributed by atoms with van der Waals surface area (Å²) in [5.41, 5.74) is 2.30. The lowest BCUT2D eigenvalue weighted by molar-refractivity contribution is -0.121. The monoisotopic (exact) mass is 316 g/mol. The molecule has 0 aliphatic carbocycles. The van der Waals surface area contributed by atoms with Gasteiger partial charge >= 0.3 is 0 Å². The van der Waals surface area contributed by atoms with Crippen molar-refractivity contribution in [3.05, 3.63) is 59.1 Å². The van der Waals surface area contributed by atoms with Crippen molar-refractivity contribution < 1.29 is 9.59 Å². The Bertz CT molecular complexity index is 626. The van der Waals surface area contributed by atoms with E-state index in [4.69, 9.17) is 11.6 Å². The first-order chi connectivity index (χ1) is 10.6. The van der Waals surface area contributed by atoms with Crippen LogP contribution in [0.3, 0.4) is 0 Å². The van der Waals surface area contributed by atoms with Crippen molar-refractivity contribution in [3.8, 4) is 0 Å². The molecule has 2 rings (SSSR count). The van der Waals surface area contributed by atoms with Crippen molar-refractivity contribution in [2.24, 2.45) is 0 Å². The lowest BCUT2D eigenvalue weighted by atomic mass is 10.2. The zero-order valence-corrected chi connectivity index (χ0v) is 13.0. The topological polar surface area (TPSA) is 58.2 Å². The zero-order valence-electron chi connectivity index (χ0n) is 12.2. The van der Waals surface area contributed by atoms with Gasteiger partial charge in [-0.3, -0.25) is 9.59 Å². The van der Waals surface area contributed by atoms with E-state index < -0.39 is 0 Å². The average Bonchev–Trinajstić information content (AvgIpc) is 2.50. The molecular formula is C17H17ClN2O2. The van der Waals surface area contributed by atoms with Gasteiger partial charge in [-0.1, -0.05) is 41.9 Å². The molecule has 0 atom stereocenters. The standard InChI is InChI=1S/C17H17ClN2O2/c1-12-6-2-4-8-14(12)19-16(21)10-11-17(22)20-15-9-5-3-7-13(15)18/h2-9H,10-11H2,1H3,(H,19,21)(H,20,22). The molecule has 2 amide bonds. The molecule has 0 bridgehead atoms. The van der Waals surface area contributed by atoms with Gasteiger partial charge in [-0.15, -0.1) is 0 Å². The lowest BCUT2D eigenvalue weighted by Crippen LogP contribution is -2.17. The molecule has 0 saturated carbocycles. The van der Waals surface area contributed by atoms with Gasteiger partial charge in [0.25, 0.3) is 0 Å². The molecule has 0 aliphatic rings. The van der Waals surface area contributed by atoms with E-state index in [2.05, 4.69) is 10.6 Å². The Balaban J connectivity index is 1.82. The Hall–Kier alpha value is -2.33. The Labute approximate surface area is 134 Å². The summed E-state index contributed by atoms with van der Waals surface area (Å²) < 4.78 is 0. The Morgan fingerprint density at radius 1 is 0.864 bits per heavy atom. The van der Waals surface area contributed by atoms with Crippen LogP contribution in [0.25, 0.3) is 0 Å². The second-order valence-electron chi connectivity index (χ2n) is 4.89. The van der Waals surface area contributed by atoms with Gasteiger partial charge in [0.1, 0.15) is 0 Å². The Morgan fingerprint density at radius 2 is 1.36 bits per heavy atom. The molecule has 0 unspecified atom stereocenters. The summed E-state index contributed by atoms with van der Waals surface area (Å²) in [7, 11) is 0. The number of hydrogen-bond acceptors (Lipinski definition) is 2. The van der Waals surface area contributed by atoms with Crippen LogP contribution < -0.4 is 10.6 Å². The maximum atomic E-state index is 11.9. The molecule has 0 heterocycles. The van der Waals surface area contributed by atoms with Crippen molar-refractivity contribution in [1.29, 1.82) is 0 Å². The Kier molecular flexibility index (Phi) is 5.55. The normalized spacial score (nSPS) is 10.1. The van der Waals surface area contributed by atoms with Crippen molar-refractivity contribution in [3.63, 3.8) is 0 Å². The first-order valence-electron chi connectivity index (χ1n) is 6.96. The maximum absolute atomic E-state index is 11.9. The number of benzene rings is 2. The van der Waals surface area contributed by atoms with E-state index in [0.29, 0.717) is 10.7 Å². The van der Waals surface area contributed by atoms with Gasteiger partial charge in [0.15, 0.2) is 0 Å². The van der Waals surface area contributed by atoms with Crippen LogP contribution in [0.4, 0.5) is 11.4 Å². The van der Waals surface area contributed by atoms with E-state index in [-0.39, 0.29) is 24.7 Å². The molecule has 0 aliphatic heterocycles. The van der Waals surface area contributed by atoms with Gasteiger partial charge in [-0.2, -0.15) is 0 Å². The number of hydrogen-bond donors (Lipinski definition) is 2. The molecule has 0 aromatic heterocycles. The summed E-state index contributed by atoms with van der Waals surface area (Å²) in [5.74, 6) is -0.434. The smallest absolute Gasteiger partial charge is 0.224 e. The lowest BCUT2D eigenvalue weighted by Gasteiger charge is -2.09. The molecular weight excluding hydrogens is 300 g/mol. The fraction of sp³-hybridized carbons (Fsp3) is 0.176. The van der Waals surface area contributed by atoms with Crippen LogP contribution >= 0.6 is 11.6 Å². The number of carbonyl (C=O) groups is 2. The second kappa shape index (κ2) is 7.61. The molecule has 114 valence electrons. The van der Waals surface area contributed by atoms with E-state index in [0.717, 1.165) is 11.3 Å². The van der Waals surface area contributed by atoms with E-state index in [9.17, 15) is 9.59 Å².